The number of benzene rings is 1. The Labute approximate surface area is 113 Å². The summed E-state index contributed by atoms with van der Waals surface area (Å²) in [6.07, 6.45) is 8.56. The van der Waals surface area contributed by atoms with Crippen LogP contribution in [0.25, 0.3) is 0 Å². The lowest BCUT2D eigenvalue weighted by molar-refractivity contribution is 0.0696. The monoisotopic (exact) mass is 258 g/mol. The summed E-state index contributed by atoms with van der Waals surface area (Å²) in [5.41, 5.74) is 3.20. The van der Waals surface area contributed by atoms with Gasteiger partial charge in [0, 0.05) is 0 Å². The highest BCUT2D eigenvalue weighted by Gasteiger charge is 2.11. The Morgan fingerprint density at radius 3 is 2.47 bits per heavy atom. The molecule has 0 saturated carbocycles. The molecular weight excluding hydrogens is 240 g/mol. The number of rotatable bonds is 4. The van der Waals surface area contributed by atoms with Gasteiger partial charge in [-0.2, -0.15) is 0 Å². The first-order valence-electron chi connectivity index (χ1n) is 6.41. The van der Waals surface area contributed by atoms with E-state index in [0.29, 0.717) is 12.2 Å². The van der Waals surface area contributed by atoms with E-state index in [-0.39, 0.29) is 0 Å². The molecule has 0 aliphatic heterocycles. The van der Waals surface area contributed by atoms with Crippen molar-refractivity contribution in [3.63, 3.8) is 0 Å². The van der Waals surface area contributed by atoms with Crippen molar-refractivity contribution in [1.82, 2.24) is 0 Å². The third-order valence-corrected chi connectivity index (χ3v) is 3.16. The van der Waals surface area contributed by atoms with E-state index in [1.165, 1.54) is 5.57 Å². The largest absolute Gasteiger partial charge is 0.488 e. The van der Waals surface area contributed by atoms with Gasteiger partial charge in [0.2, 0.25) is 0 Å². The molecule has 1 aliphatic carbocycles. The maximum Gasteiger partial charge on any atom is 0.335 e. The average molecular weight is 258 g/mol. The lowest BCUT2D eigenvalue weighted by Gasteiger charge is -2.14. The topological polar surface area (TPSA) is 46.5 Å². The van der Waals surface area contributed by atoms with Gasteiger partial charge in [-0.15, -0.1) is 0 Å². The summed E-state index contributed by atoms with van der Waals surface area (Å²) in [5.74, 6) is -0.124. The number of aryl methyl sites for hydroxylation is 2. The van der Waals surface area contributed by atoms with Gasteiger partial charge in [0.1, 0.15) is 12.4 Å². The molecule has 3 nitrogen and oxygen atoms in total. The molecule has 1 aromatic rings. The van der Waals surface area contributed by atoms with E-state index in [2.05, 4.69) is 18.2 Å². The molecule has 0 heterocycles. The van der Waals surface area contributed by atoms with Crippen LogP contribution >= 0.6 is 0 Å². The normalized spacial score (nSPS) is 14.1. The first kappa shape index (κ1) is 13.4. The molecule has 0 radical (unpaired) electrons. The fraction of sp³-hybridized carbons (Fsp3) is 0.312. The van der Waals surface area contributed by atoms with Crippen LogP contribution in [-0.2, 0) is 0 Å². The molecule has 100 valence electrons. The Hall–Kier alpha value is -2.03. The van der Waals surface area contributed by atoms with Crippen molar-refractivity contribution in [3.8, 4) is 5.75 Å². The summed E-state index contributed by atoms with van der Waals surface area (Å²) in [7, 11) is 0. The predicted octanol–water partition coefficient (Wildman–Crippen LogP) is 3.66. The Morgan fingerprint density at radius 1 is 1.26 bits per heavy atom. The van der Waals surface area contributed by atoms with E-state index in [9.17, 15) is 4.79 Å². The van der Waals surface area contributed by atoms with E-state index in [0.717, 1.165) is 29.7 Å². The summed E-state index contributed by atoms with van der Waals surface area (Å²) in [6.45, 7) is 4.28. The van der Waals surface area contributed by atoms with Gasteiger partial charge in [-0.1, -0.05) is 18.2 Å². The third kappa shape index (κ3) is 3.25. The number of carbonyl (C=O) groups is 1. The molecule has 0 aromatic heterocycles. The highest BCUT2D eigenvalue weighted by atomic mass is 16.5. The highest BCUT2D eigenvalue weighted by Crippen LogP contribution is 2.25. The molecule has 0 atom stereocenters. The molecular formula is C16H18O3. The van der Waals surface area contributed by atoms with Crippen LogP contribution in [-0.4, -0.2) is 17.7 Å². The van der Waals surface area contributed by atoms with Crippen LogP contribution in [0.4, 0.5) is 0 Å². The van der Waals surface area contributed by atoms with E-state index in [1.807, 2.05) is 13.8 Å². The van der Waals surface area contributed by atoms with Crippen molar-refractivity contribution < 1.29 is 14.6 Å². The maximum absolute atomic E-state index is 11.0. The van der Waals surface area contributed by atoms with Crippen molar-refractivity contribution in [2.45, 2.75) is 26.7 Å². The van der Waals surface area contributed by atoms with Gasteiger partial charge >= 0.3 is 5.97 Å². The fourth-order valence-electron chi connectivity index (χ4n) is 2.23. The predicted molar refractivity (Wildman–Crippen MR) is 74.8 cm³/mol. The summed E-state index contributed by atoms with van der Waals surface area (Å²) in [6, 6.07) is 3.30. The first-order valence-corrected chi connectivity index (χ1v) is 6.41. The zero-order valence-corrected chi connectivity index (χ0v) is 11.3. The zero-order valence-electron chi connectivity index (χ0n) is 11.3. The summed E-state index contributed by atoms with van der Waals surface area (Å²) >= 11 is 0. The Balaban J connectivity index is 2.14. The van der Waals surface area contributed by atoms with E-state index in [4.69, 9.17) is 9.84 Å². The van der Waals surface area contributed by atoms with Crippen LogP contribution in [0.2, 0.25) is 0 Å². The molecule has 3 heteroatoms. The second-order valence-corrected chi connectivity index (χ2v) is 4.79. The van der Waals surface area contributed by atoms with E-state index in [1.54, 1.807) is 12.1 Å². The standard InChI is InChI=1S/C16H18O3/c1-11-8-14(16(17)18)9-12(2)15(11)19-10-13-6-4-3-5-7-13/h4,6-9H,3,5,10H2,1-2H3,(H,17,18). The molecule has 1 aromatic carbocycles. The molecule has 0 unspecified atom stereocenters. The maximum atomic E-state index is 11.0. The highest BCUT2D eigenvalue weighted by molar-refractivity contribution is 5.88. The van der Waals surface area contributed by atoms with Gasteiger partial charge in [-0.3, -0.25) is 0 Å². The van der Waals surface area contributed by atoms with Crippen molar-refractivity contribution in [3.05, 3.63) is 52.6 Å². The van der Waals surface area contributed by atoms with Crippen molar-refractivity contribution in [2.24, 2.45) is 0 Å². The number of aromatic carboxylic acids is 1. The molecule has 0 spiro atoms. The van der Waals surface area contributed by atoms with Gasteiger partial charge in [0.05, 0.1) is 5.56 Å². The lowest BCUT2D eigenvalue weighted by Crippen LogP contribution is -2.05. The van der Waals surface area contributed by atoms with Crippen LogP contribution in [0.3, 0.4) is 0 Å². The minimum atomic E-state index is -0.907. The fourth-order valence-corrected chi connectivity index (χ4v) is 2.23. The number of ether oxygens (including phenoxy) is 1. The van der Waals surface area contributed by atoms with E-state index >= 15 is 0 Å². The summed E-state index contributed by atoms with van der Waals surface area (Å²) in [5, 5.41) is 9.00. The minimum Gasteiger partial charge on any atom is -0.488 e. The number of allylic oxidation sites excluding steroid dienone is 2. The number of carboxylic acid groups (broad SMARTS) is 1. The quantitative estimate of drug-likeness (QED) is 0.896. The molecule has 0 fully saturated rings. The molecule has 2 rings (SSSR count). The Morgan fingerprint density at radius 2 is 1.95 bits per heavy atom. The van der Waals surface area contributed by atoms with Gasteiger partial charge in [0.25, 0.3) is 0 Å². The first-order chi connectivity index (χ1) is 9.08. The Bertz CT molecular complexity index is 530. The van der Waals surface area contributed by atoms with Crippen LogP contribution in [0.15, 0.2) is 35.9 Å². The third-order valence-electron chi connectivity index (χ3n) is 3.16. The van der Waals surface area contributed by atoms with Gasteiger partial charge in [0.15, 0.2) is 0 Å². The van der Waals surface area contributed by atoms with Gasteiger partial charge < -0.3 is 9.84 Å². The number of hydrogen-bond acceptors (Lipinski definition) is 2. The van der Waals surface area contributed by atoms with Crippen LogP contribution in [0, 0.1) is 13.8 Å². The van der Waals surface area contributed by atoms with Crippen LogP contribution in [0.5, 0.6) is 5.75 Å². The summed E-state index contributed by atoms with van der Waals surface area (Å²) < 4.78 is 5.83. The Kier molecular flexibility index (Phi) is 4.05. The van der Waals surface area contributed by atoms with E-state index < -0.39 is 5.97 Å². The molecule has 19 heavy (non-hydrogen) atoms. The second kappa shape index (κ2) is 5.74. The number of hydrogen-bond donors (Lipinski definition) is 1. The van der Waals surface area contributed by atoms with Crippen LogP contribution in [0.1, 0.15) is 34.3 Å². The van der Waals surface area contributed by atoms with Crippen molar-refractivity contribution in [1.29, 1.82) is 0 Å². The van der Waals surface area contributed by atoms with Crippen LogP contribution < -0.4 is 4.74 Å². The van der Waals surface area contributed by atoms with Crippen molar-refractivity contribution in [2.75, 3.05) is 6.61 Å². The minimum absolute atomic E-state index is 0.305. The second-order valence-electron chi connectivity index (χ2n) is 4.79. The van der Waals surface area contributed by atoms with Gasteiger partial charge in [-0.05, 0) is 55.5 Å². The molecule has 0 amide bonds. The van der Waals surface area contributed by atoms with Gasteiger partial charge in [-0.25, -0.2) is 4.79 Å². The summed E-state index contributed by atoms with van der Waals surface area (Å²) in [4.78, 5) is 11.0. The zero-order chi connectivity index (χ0) is 13.8. The average Bonchev–Trinajstić information content (AvgIpc) is 2.38. The lowest BCUT2D eigenvalue weighted by atomic mass is 10.1. The SMILES string of the molecule is Cc1cc(C(=O)O)cc(C)c1OCC1=CCCC=C1. The number of carboxylic acids is 1. The molecule has 1 N–H and O–H groups in total. The molecule has 0 saturated heterocycles. The molecule has 1 aliphatic rings. The molecule has 0 bridgehead atoms. The van der Waals surface area contributed by atoms with Crippen molar-refractivity contribution >= 4 is 5.97 Å². The smallest absolute Gasteiger partial charge is 0.335 e.